The van der Waals surface area contributed by atoms with E-state index in [0.29, 0.717) is 0 Å². The van der Waals surface area contributed by atoms with Crippen LogP contribution in [0.5, 0.6) is 0 Å². The van der Waals surface area contributed by atoms with Gasteiger partial charge in [0.2, 0.25) is 0 Å². The Labute approximate surface area is 167 Å². The maximum atomic E-state index is 4.91. The maximum absolute atomic E-state index is 4.91. The van der Waals surface area contributed by atoms with Crippen molar-refractivity contribution in [1.82, 2.24) is 4.57 Å². The van der Waals surface area contributed by atoms with Gasteiger partial charge in [-0.3, -0.25) is 4.57 Å². The van der Waals surface area contributed by atoms with Crippen molar-refractivity contribution in [2.24, 2.45) is 4.99 Å². The van der Waals surface area contributed by atoms with Crippen LogP contribution < -0.4 is 4.80 Å². The molecule has 0 radical (unpaired) electrons. The number of benzene rings is 4. The first-order chi connectivity index (χ1) is 13.9. The molecule has 1 aromatic heterocycles. The van der Waals surface area contributed by atoms with Crippen molar-refractivity contribution in [3.8, 4) is 16.9 Å². The predicted molar refractivity (Wildman–Crippen MR) is 118 cm³/mol. The standard InChI is InChI=1S/C25H18N2S/c1-3-11-22(12-4-1)26-25-27(23-13-5-2-6-14-23)24(18-28-25)21-16-15-19-9-7-8-10-20(19)17-21/h1-18H. The van der Waals surface area contributed by atoms with Gasteiger partial charge in [-0.1, -0.05) is 72.8 Å². The first kappa shape index (κ1) is 16.7. The number of aromatic nitrogens is 1. The van der Waals surface area contributed by atoms with Gasteiger partial charge >= 0.3 is 0 Å². The third-order valence-corrected chi connectivity index (χ3v) is 5.57. The van der Waals surface area contributed by atoms with Crippen LogP contribution in [0.25, 0.3) is 27.7 Å². The maximum Gasteiger partial charge on any atom is 0.195 e. The highest BCUT2D eigenvalue weighted by Crippen LogP contribution is 2.27. The molecule has 0 aliphatic carbocycles. The Morgan fingerprint density at radius 1 is 0.643 bits per heavy atom. The van der Waals surface area contributed by atoms with Gasteiger partial charge in [0.15, 0.2) is 4.80 Å². The Bertz CT molecular complexity index is 1300. The Hall–Kier alpha value is -3.43. The molecular weight excluding hydrogens is 360 g/mol. The average Bonchev–Trinajstić information content (AvgIpc) is 3.18. The van der Waals surface area contributed by atoms with Crippen LogP contribution in [0.1, 0.15) is 0 Å². The van der Waals surface area contributed by atoms with Crippen molar-refractivity contribution >= 4 is 27.8 Å². The normalized spacial score (nSPS) is 11.8. The third-order valence-electron chi connectivity index (χ3n) is 4.75. The van der Waals surface area contributed by atoms with Crippen LogP contribution >= 0.6 is 11.3 Å². The highest BCUT2D eigenvalue weighted by Gasteiger charge is 2.10. The Morgan fingerprint density at radius 2 is 1.32 bits per heavy atom. The molecule has 4 aromatic carbocycles. The quantitative estimate of drug-likeness (QED) is 0.337. The lowest BCUT2D eigenvalue weighted by atomic mass is 10.1. The van der Waals surface area contributed by atoms with E-state index in [1.54, 1.807) is 11.3 Å². The van der Waals surface area contributed by atoms with E-state index in [1.807, 2.05) is 36.4 Å². The molecule has 1 heterocycles. The summed E-state index contributed by atoms with van der Waals surface area (Å²) in [6, 6.07) is 35.6. The molecule has 0 saturated carbocycles. The van der Waals surface area contributed by atoms with E-state index in [9.17, 15) is 0 Å². The topological polar surface area (TPSA) is 17.3 Å². The van der Waals surface area contributed by atoms with Crippen LogP contribution in [0.2, 0.25) is 0 Å². The molecule has 28 heavy (non-hydrogen) atoms. The molecule has 0 saturated heterocycles. The van der Waals surface area contributed by atoms with E-state index in [1.165, 1.54) is 16.3 Å². The molecular formula is C25H18N2S. The fourth-order valence-electron chi connectivity index (χ4n) is 3.38. The third kappa shape index (κ3) is 3.17. The van der Waals surface area contributed by atoms with Gasteiger partial charge in [-0.05, 0) is 41.1 Å². The second kappa shape index (κ2) is 7.29. The van der Waals surface area contributed by atoms with Crippen LogP contribution in [0.15, 0.2) is 114 Å². The number of hydrogen-bond donors (Lipinski definition) is 0. The Kier molecular flexibility index (Phi) is 4.36. The highest BCUT2D eigenvalue weighted by atomic mass is 32.1. The van der Waals surface area contributed by atoms with Gasteiger partial charge in [0, 0.05) is 16.6 Å². The van der Waals surface area contributed by atoms with Gasteiger partial charge in [-0.25, -0.2) is 4.99 Å². The summed E-state index contributed by atoms with van der Waals surface area (Å²) in [7, 11) is 0. The fourth-order valence-corrected chi connectivity index (χ4v) is 4.30. The molecule has 0 aliphatic rings. The summed E-state index contributed by atoms with van der Waals surface area (Å²) in [6.07, 6.45) is 0. The first-order valence-electron chi connectivity index (χ1n) is 9.23. The minimum atomic E-state index is 0.957. The molecule has 0 amide bonds. The van der Waals surface area contributed by atoms with Gasteiger partial charge in [0.25, 0.3) is 0 Å². The molecule has 0 N–H and O–H groups in total. The molecule has 134 valence electrons. The zero-order chi connectivity index (χ0) is 18.8. The molecule has 3 heteroatoms. The van der Waals surface area contributed by atoms with Gasteiger partial charge < -0.3 is 0 Å². The van der Waals surface area contributed by atoms with E-state index < -0.39 is 0 Å². The molecule has 2 nitrogen and oxygen atoms in total. The molecule has 0 aliphatic heterocycles. The largest absolute Gasteiger partial charge is 0.285 e. The fraction of sp³-hybridized carbons (Fsp3) is 0. The number of para-hydroxylation sites is 2. The minimum absolute atomic E-state index is 0.957. The van der Waals surface area contributed by atoms with E-state index in [2.05, 4.69) is 76.7 Å². The van der Waals surface area contributed by atoms with Crippen LogP contribution in [-0.4, -0.2) is 4.57 Å². The van der Waals surface area contributed by atoms with E-state index >= 15 is 0 Å². The molecule has 5 aromatic rings. The SMILES string of the molecule is c1ccc(N=c2scc(-c3ccc4ccccc4c3)n2-c2ccccc2)cc1. The second-order valence-corrected chi connectivity index (χ2v) is 7.42. The lowest BCUT2D eigenvalue weighted by Gasteiger charge is -2.10. The van der Waals surface area contributed by atoms with Crippen molar-refractivity contribution in [3.05, 3.63) is 113 Å². The molecule has 0 fully saturated rings. The number of nitrogens with zero attached hydrogens (tertiary/aromatic N) is 2. The average molecular weight is 379 g/mol. The molecule has 0 unspecified atom stereocenters. The van der Waals surface area contributed by atoms with Crippen molar-refractivity contribution in [2.45, 2.75) is 0 Å². The van der Waals surface area contributed by atoms with Crippen LogP contribution in [-0.2, 0) is 0 Å². The lowest BCUT2D eigenvalue weighted by molar-refractivity contribution is 1.01. The van der Waals surface area contributed by atoms with Crippen LogP contribution in [0.3, 0.4) is 0 Å². The first-order valence-corrected chi connectivity index (χ1v) is 10.1. The molecule has 0 spiro atoms. The lowest BCUT2D eigenvalue weighted by Crippen LogP contribution is -2.13. The summed E-state index contributed by atoms with van der Waals surface area (Å²) in [6.45, 7) is 0. The number of fused-ring (bicyclic) bond motifs is 1. The van der Waals surface area contributed by atoms with Gasteiger partial charge in [-0.2, -0.15) is 0 Å². The number of hydrogen-bond acceptors (Lipinski definition) is 2. The van der Waals surface area contributed by atoms with Crippen LogP contribution in [0.4, 0.5) is 5.69 Å². The second-order valence-electron chi connectivity index (χ2n) is 6.58. The Balaban J connectivity index is 1.75. The van der Waals surface area contributed by atoms with E-state index in [4.69, 9.17) is 4.99 Å². The van der Waals surface area contributed by atoms with Crippen molar-refractivity contribution in [3.63, 3.8) is 0 Å². The van der Waals surface area contributed by atoms with Gasteiger partial charge in [0.1, 0.15) is 0 Å². The zero-order valence-corrected chi connectivity index (χ0v) is 16.0. The highest BCUT2D eigenvalue weighted by molar-refractivity contribution is 7.07. The number of thiazole rings is 1. The molecule has 0 atom stereocenters. The smallest absolute Gasteiger partial charge is 0.195 e. The minimum Gasteiger partial charge on any atom is -0.285 e. The zero-order valence-electron chi connectivity index (χ0n) is 15.2. The summed E-state index contributed by atoms with van der Waals surface area (Å²) >= 11 is 1.66. The van der Waals surface area contributed by atoms with Crippen molar-refractivity contribution in [2.75, 3.05) is 0 Å². The van der Waals surface area contributed by atoms with Crippen LogP contribution in [0, 0.1) is 0 Å². The van der Waals surface area contributed by atoms with Crippen molar-refractivity contribution in [1.29, 1.82) is 0 Å². The van der Waals surface area contributed by atoms with E-state index in [0.717, 1.165) is 21.9 Å². The summed E-state index contributed by atoms with van der Waals surface area (Å²) in [5, 5.41) is 4.69. The predicted octanol–water partition coefficient (Wildman–Crippen LogP) is 6.59. The summed E-state index contributed by atoms with van der Waals surface area (Å²) in [5.41, 5.74) is 4.41. The monoisotopic (exact) mass is 378 g/mol. The van der Waals surface area contributed by atoms with Crippen molar-refractivity contribution < 1.29 is 0 Å². The Morgan fingerprint density at radius 3 is 2.11 bits per heavy atom. The molecule has 5 rings (SSSR count). The number of rotatable bonds is 3. The molecule has 0 bridgehead atoms. The summed E-state index contributed by atoms with van der Waals surface area (Å²) in [4.78, 5) is 5.87. The van der Waals surface area contributed by atoms with Gasteiger partial charge in [0.05, 0.1) is 11.4 Å². The summed E-state index contributed by atoms with van der Waals surface area (Å²) < 4.78 is 2.24. The van der Waals surface area contributed by atoms with Gasteiger partial charge in [-0.15, -0.1) is 11.3 Å². The summed E-state index contributed by atoms with van der Waals surface area (Å²) in [5.74, 6) is 0. The van der Waals surface area contributed by atoms with E-state index in [-0.39, 0.29) is 0 Å².